The van der Waals surface area contributed by atoms with Crippen molar-refractivity contribution in [1.82, 2.24) is 18.3 Å². The van der Waals surface area contributed by atoms with Crippen LogP contribution >= 0.6 is 0 Å². The molecule has 0 spiro atoms. The average Bonchev–Trinajstić information content (AvgIpc) is 4.18. The number of hydrogen-bond acceptors (Lipinski definition) is 0. The Balaban J connectivity index is 0.000000999. The summed E-state index contributed by atoms with van der Waals surface area (Å²) >= 11 is 0. The van der Waals surface area contributed by atoms with Crippen LogP contribution in [0.25, 0.3) is 121 Å². The number of benzene rings is 10. The normalized spacial score (nSPS) is 11.4. The summed E-state index contributed by atoms with van der Waals surface area (Å²) in [7, 11) is 0. The highest BCUT2D eigenvalue weighted by atomic mass is 15.2. The van der Waals surface area contributed by atoms with Crippen molar-refractivity contribution >= 4 is 76.3 Å². The van der Waals surface area contributed by atoms with Crippen molar-refractivity contribution in [2.45, 2.75) is 20.3 Å². The quantitative estimate of drug-likeness (QED) is 0.148. The van der Waals surface area contributed by atoms with Crippen LogP contribution < -0.4 is 0 Å². The molecule has 0 bridgehead atoms. The molecule has 14 aromatic rings. The molecule has 340 valence electrons. The number of fused-ring (bicyclic) bond motifs is 10. The summed E-state index contributed by atoms with van der Waals surface area (Å²) < 4.78 is 9.65. The van der Waals surface area contributed by atoms with Crippen LogP contribution in [0.15, 0.2) is 256 Å². The fraction of sp³-hybridized carbons (Fsp3) is 0.0448. The largest absolute Gasteiger partial charge is 0.309 e. The topological polar surface area (TPSA) is 19.7 Å². The molecule has 0 saturated carbocycles. The molecule has 0 N–H and O–H groups in total. The zero-order valence-electron chi connectivity index (χ0n) is 40.0. The molecule has 0 aliphatic heterocycles. The summed E-state index contributed by atoms with van der Waals surface area (Å²) in [5.74, 6) is 1.10. The molecule has 14 rings (SSSR count). The fourth-order valence-electron chi connectivity index (χ4n) is 10.8. The second-order valence-electron chi connectivity index (χ2n) is 18.1. The first-order chi connectivity index (χ1) is 35.2. The van der Waals surface area contributed by atoms with E-state index in [4.69, 9.17) is 0 Å². The van der Waals surface area contributed by atoms with E-state index in [0.717, 1.165) is 33.9 Å². The van der Waals surface area contributed by atoms with Crippen molar-refractivity contribution in [3.63, 3.8) is 0 Å². The minimum atomic E-state index is 1.10. The van der Waals surface area contributed by atoms with Gasteiger partial charge >= 0.3 is 0 Å². The third-order valence-electron chi connectivity index (χ3n) is 13.7. The van der Waals surface area contributed by atoms with E-state index < -0.39 is 0 Å². The minimum Gasteiger partial charge on any atom is -0.309 e. The van der Waals surface area contributed by atoms with Crippen LogP contribution in [0.3, 0.4) is 0 Å². The van der Waals surface area contributed by atoms with Crippen molar-refractivity contribution in [2.75, 3.05) is 0 Å². The van der Waals surface area contributed by atoms with Crippen LogP contribution in [-0.4, -0.2) is 18.3 Å². The third-order valence-corrected chi connectivity index (χ3v) is 13.7. The second kappa shape index (κ2) is 18.1. The summed E-state index contributed by atoms with van der Waals surface area (Å²) in [6, 6.07) is 88.8. The van der Waals surface area contributed by atoms with Gasteiger partial charge in [0.1, 0.15) is 5.82 Å². The summed E-state index contributed by atoms with van der Waals surface area (Å²) in [6.45, 7) is 10.2. The van der Waals surface area contributed by atoms with Gasteiger partial charge in [-0.1, -0.05) is 154 Å². The van der Waals surface area contributed by atoms with E-state index in [1.807, 2.05) is 0 Å². The Labute approximate surface area is 413 Å². The Bertz CT molecular complexity index is 4030. The van der Waals surface area contributed by atoms with Gasteiger partial charge in [0.2, 0.25) is 0 Å². The summed E-state index contributed by atoms with van der Waals surface area (Å²) in [5.41, 5.74) is 16.5. The van der Waals surface area contributed by atoms with Gasteiger partial charge in [-0.15, -0.1) is 13.2 Å². The van der Waals surface area contributed by atoms with Crippen molar-refractivity contribution in [3.8, 4) is 45.1 Å². The monoisotopic (exact) mass is 912 g/mol. The summed E-state index contributed by atoms with van der Waals surface area (Å²) in [4.78, 5) is 0. The molecule has 4 heteroatoms. The van der Waals surface area contributed by atoms with Gasteiger partial charge < -0.3 is 9.13 Å². The van der Waals surface area contributed by atoms with Crippen molar-refractivity contribution in [1.29, 1.82) is 0 Å². The molecule has 0 amide bonds. The van der Waals surface area contributed by atoms with Crippen LogP contribution in [-0.2, 0) is 0 Å². The molecule has 0 unspecified atom stereocenters. The van der Waals surface area contributed by atoms with Crippen molar-refractivity contribution in [2.24, 2.45) is 0 Å². The molecule has 0 saturated heterocycles. The zero-order chi connectivity index (χ0) is 48.0. The number of aromatic nitrogens is 4. The van der Waals surface area contributed by atoms with E-state index in [-0.39, 0.29) is 0 Å². The Morgan fingerprint density at radius 2 is 0.563 bits per heavy atom. The van der Waals surface area contributed by atoms with E-state index in [1.165, 1.54) is 94.0 Å². The molecule has 4 nitrogen and oxygen atoms in total. The first-order valence-electron chi connectivity index (χ1n) is 24.6. The maximum Gasteiger partial charge on any atom is 0.123 e. The maximum atomic E-state index is 3.00. The fourth-order valence-corrected chi connectivity index (χ4v) is 10.8. The second-order valence-corrected chi connectivity index (χ2v) is 18.1. The van der Waals surface area contributed by atoms with Crippen LogP contribution in [0, 0.1) is 0 Å². The van der Waals surface area contributed by atoms with Gasteiger partial charge in [-0.05, 0) is 131 Å². The lowest BCUT2D eigenvalue weighted by Gasteiger charge is -2.14. The predicted molar refractivity (Wildman–Crippen MR) is 304 cm³/mol. The van der Waals surface area contributed by atoms with Crippen LogP contribution in [0.5, 0.6) is 0 Å². The standard InChI is InChI=1S/C62H40N4.C3H8.C2H4/c1-4-17-46(18-5-1)63-56-26-14-11-23-49(56)51-36-41(28-32-58(51)63)43-30-34-60-53(38-43)54-39-44(42-29-33-59-52(37-42)50-24-12-15-27-57(50)64(59)47-19-6-2-7-20-47)31-35-61(54)66(60)62-40-45-16-10-13-25-55(45)65(62)48-21-8-3-9-22-48;1-3-2;1-2/h1-40H;3H2,1-2H3;1-2H2. The molecular weight excluding hydrogens is 861 g/mol. The first-order valence-corrected chi connectivity index (χ1v) is 24.6. The Morgan fingerprint density at radius 3 is 0.972 bits per heavy atom. The minimum absolute atomic E-state index is 1.10. The zero-order valence-corrected chi connectivity index (χ0v) is 40.0. The van der Waals surface area contributed by atoms with Crippen LogP contribution in [0.4, 0.5) is 0 Å². The number of nitrogens with zero attached hydrogens (tertiary/aromatic N) is 4. The Hall–Kier alpha value is -9.12. The lowest BCUT2D eigenvalue weighted by atomic mass is 9.98. The third kappa shape index (κ3) is 7.14. The SMILES string of the molecule is C=C.CCC.c1ccc(-n2c(-n3c4ccc(-c5ccc6c(c5)c5ccccc5n6-c5ccccc5)cc4c4cc(-c5ccc6c(c5)c5ccccc5n6-c5ccccc5)ccc43)cc3ccccc32)cc1. The van der Waals surface area contributed by atoms with E-state index in [9.17, 15) is 0 Å². The van der Waals surface area contributed by atoms with Gasteiger partial charge in [0, 0.05) is 54.8 Å². The molecule has 0 aliphatic rings. The molecule has 4 heterocycles. The van der Waals surface area contributed by atoms with Gasteiger partial charge in [-0.3, -0.25) is 9.13 Å². The van der Waals surface area contributed by atoms with Crippen LogP contribution in [0.1, 0.15) is 20.3 Å². The van der Waals surface area contributed by atoms with Crippen molar-refractivity contribution in [3.05, 3.63) is 256 Å². The van der Waals surface area contributed by atoms with E-state index in [1.54, 1.807) is 0 Å². The molecule has 0 atom stereocenters. The molecule has 0 aliphatic carbocycles. The van der Waals surface area contributed by atoms with Crippen molar-refractivity contribution < 1.29 is 0 Å². The molecule has 0 fully saturated rings. The Kier molecular flexibility index (Phi) is 11.0. The molecule has 10 aromatic carbocycles. The first kappa shape index (κ1) is 43.2. The molecule has 71 heavy (non-hydrogen) atoms. The molecule has 4 aromatic heterocycles. The lowest BCUT2D eigenvalue weighted by Crippen LogP contribution is -2.03. The van der Waals surface area contributed by atoms with E-state index in [2.05, 4.69) is 288 Å². The van der Waals surface area contributed by atoms with Gasteiger partial charge in [-0.2, -0.15) is 0 Å². The lowest BCUT2D eigenvalue weighted by molar-refractivity contribution is 1.00. The smallest absolute Gasteiger partial charge is 0.123 e. The summed E-state index contributed by atoms with van der Waals surface area (Å²) in [5, 5.41) is 8.61. The number of hydrogen-bond donors (Lipinski definition) is 0. The van der Waals surface area contributed by atoms with Crippen LogP contribution in [0.2, 0.25) is 0 Å². The summed E-state index contributed by atoms with van der Waals surface area (Å²) in [6.07, 6.45) is 1.25. The van der Waals surface area contributed by atoms with Gasteiger partial charge in [0.25, 0.3) is 0 Å². The van der Waals surface area contributed by atoms with Gasteiger partial charge in [0.05, 0.1) is 38.6 Å². The highest BCUT2D eigenvalue weighted by Crippen LogP contribution is 2.42. The van der Waals surface area contributed by atoms with E-state index in [0.29, 0.717) is 0 Å². The average molecular weight is 913 g/mol. The number of rotatable bonds is 6. The Morgan fingerprint density at radius 1 is 0.268 bits per heavy atom. The maximum absolute atomic E-state index is 3.00. The molecular formula is C67H52N4. The number of para-hydroxylation sites is 6. The van der Waals surface area contributed by atoms with Gasteiger partial charge in [0.15, 0.2) is 0 Å². The highest BCUT2D eigenvalue weighted by molar-refractivity contribution is 6.15. The van der Waals surface area contributed by atoms with E-state index >= 15 is 0 Å². The molecule has 0 radical (unpaired) electrons. The highest BCUT2D eigenvalue weighted by Gasteiger charge is 2.21. The van der Waals surface area contributed by atoms with Gasteiger partial charge in [-0.25, -0.2) is 0 Å². The predicted octanol–water partition coefficient (Wildman–Crippen LogP) is 18.5.